The lowest BCUT2D eigenvalue weighted by Gasteiger charge is -2.24. The highest BCUT2D eigenvalue weighted by molar-refractivity contribution is 5.93. The molecule has 3 atom stereocenters. The minimum absolute atomic E-state index is 0.311. The van der Waals surface area contributed by atoms with Crippen LogP contribution < -0.4 is 10.6 Å². The molecule has 2 rings (SSSR count). The smallest absolute Gasteiger partial charge is 0.249 e. The van der Waals surface area contributed by atoms with Crippen molar-refractivity contribution < 1.29 is 33.2 Å². The van der Waals surface area contributed by atoms with Crippen molar-refractivity contribution in [2.24, 2.45) is 5.92 Å². The van der Waals surface area contributed by atoms with Gasteiger partial charge in [-0.15, -0.1) is 0 Å². The van der Waals surface area contributed by atoms with Gasteiger partial charge in [-0.1, -0.05) is 38.0 Å². The van der Waals surface area contributed by atoms with Gasteiger partial charge in [-0.25, -0.2) is 0 Å². The first-order chi connectivity index (χ1) is 16.0. The van der Waals surface area contributed by atoms with Crippen molar-refractivity contribution in [2.45, 2.75) is 45.3 Å². The molecule has 0 saturated heterocycles. The molecule has 0 bridgehead atoms. The summed E-state index contributed by atoms with van der Waals surface area (Å²) in [6.07, 6.45) is -5.88. The van der Waals surface area contributed by atoms with E-state index >= 15 is 0 Å². The molecule has 3 N–H and O–H groups in total. The molecule has 0 spiro atoms. The Morgan fingerprint density at radius 3 is 2.65 bits per heavy atom. The van der Waals surface area contributed by atoms with Gasteiger partial charge in [0.05, 0.1) is 8.22 Å². The van der Waals surface area contributed by atoms with Crippen molar-refractivity contribution in [2.75, 3.05) is 13.5 Å². The normalized spacial score (nSPS) is 31.2. The second-order valence-electron chi connectivity index (χ2n) is 5.95. The summed E-state index contributed by atoms with van der Waals surface area (Å²) in [5.41, 5.74) is -1.63. The molecular formula is C19H27N3O4. The molecule has 3 amide bonds. The molecule has 1 heterocycles. The van der Waals surface area contributed by atoms with Crippen LogP contribution >= 0.6 is 0 Å². The summed E-state index contributed by atoms with van der Waals surface area (Å²) < 4.78 is 81.4. The number of fused-ring (bicyclic) bond motifs is 1. The molecule has 0 aromatic heterocycles. The maximum absolute atomic E-state index is 13.2. The van der Waals surface area contributed by atoms with Gasteiger partial charge >= 0.3 is 0 Å². The molecule has 7 heteroatoms. The van der Waals surface area contributed by atoms with Crippen LogP contribution in [0, 0.1) is 5.92 Å². The molecule has 0 saturated carbocycles. The Labute approximate surface area is 167 Å². The van der Waals surface area contributed by atoms with E-state index in [1.807, 2.05) is 5.32 Å². The minimum atomic E-state index is -3.17. The van der Waals surface area contributed by atoms with Gasteiger partial charge in [0.15, 0.2) is 0 Å². The van der Waals surface area contributed by atoms with Gasteiger partial charge < -0.3 is 20.6 Å². The van der Waals surface area contributed by atoms with Crippen LogP contribution in [0.1, 0.15) is 51.6 Å². The fourth-order valence-electron chi connectivity index (χ4n) is 2.08. The number of hydrogen-bond acceptors (Lipinski definition) is 4. The second-order valence-corrected chi connectivity index (χ2v) is 5.95. The Bertz CT molecular complexity index is 1120. The molecule has 26 heavy (non-hydrogen) atoms. The zero-order chi connectivity index (χ0) is 28.3. The Balaban J connectivity index is 2.69. The van der Waals surface area contributed by atoms with E-state index in [9.17, 15) is 19.5 Å². The molecule has 1 aliphatic heterocycles. The summed E-state index contributed by atoms with van der Waals surface area (Å²) >= 11 is 0. The van der Waals surface area contributed by atoms with Crippen LogP contribution in [0.25, 0.3) is 0 Å². The number of nitrogens with zero attached hydrogens (tertiary/aromatic N) is 1. The van der Waals surface area contributed by atoms with Crippen LogP contribution in [0.2, 0.25) is 0 Å². The standard InChI is InChI=1S/C19H27N3O4/c1-11(2)16(23)18(25)20-12(3)17(24)21-15-14-8-6-5-7-13(14)9-10-22(4)19(15)26/h5-8,11-12,15-16,23H,9-10H2,1-4H3,(H,20,25)(H,21,24)/t12-,15-,16-/m0/s1/i5D,6D,7D,8D,9D2,10D2,12D,16D. The maximum atomic E-state index is 13.2. The minimum Gasteiger partial charge on any atom is -0.383 e. The van der Waals surface area contributed by atoms with Gasteiger partial charge in [-0.05, 0) is 30.3 Å². The predicted molar refractivity (Wildman–Crippen MR) is 97.1 cm³/mol. The third kappa shape index (κ3) is 4.40. The van der Waals surface area contributed by atoms with Crippen LogP contribution in [0.5, 0.6) is 0 Å². The average molecular weight is 372 g/mol. The number of carbonyl (C=O) groups is 3. The first-order valence-corrected chi connectivity index (χ1v) is 7.79. The Kier molecular flexibility index (Phi) is 3.22. The molecule has 0 aliphatic carbocycles. The molecule has 1 aliphatic rings. The van der Waals surface area contributed by atoms with Crippen molar-refractivity contribution in [3.8, 4) is 0 Å². The monoisotopic (exact) mass is 371 g/mol. The Morgan fingerprint density at radius 2 is 2.00 bits per heavy atom. The molecule has 1 aromatic carbocycles. The van der Waals surface area contributed by atoms with Crippen LogP contribution in [-0.4, -0.2) is 53.4 Å². The first-order valence-electron chi connectivity index (χ1n) is 12.8. The highest BCUT2D eigenvalue weighted by atomic mass is 16.3. The number of carbonyl (C=O) groups excluding carboxylic acids is 3. The lowest BCUT2D eigenvalue weighted by atomic mass is 9.99. The van der Waals surface area contributed by atoms with Crippen molar-refractivity contribution in [3.63, 3.8) is 0 Å². The van der Waals surface area contributed by atoms with Gasteiger partial charge in [0, 0.05) is 19.0 Å². The maximum Gasteiger partial charge on any atom is 0.249 e. The molecular weight excluding hydrogens is 334 g/mol. The molecule has 7 nitrogen and oxygen atoms in total. The van der Waals surface area contributed by atoms with Crippen molar-refractivity contribution in [1.82, 2.24) is 15.5 Å². The van der Waals surface area contributed by atoms with Crippen molar-refractivity contribution >= 4 is 17.7 Å². The number of aliphatic hydroxyl groups is 1. The number of rotatable bonds is 5. The van der Waals surface area contributed by atoms with Crippen LogP contribution in [0.4, 0.5) is 0 Å². The number of benzene rings is 1. The van der Waals surface area contributed by atoms with Gasteiger partial charge in [0.1, 0.15) is 18.1 Å². The van der Waals surface area contributed by atoms with Crippen molar-refractivity contribution in [3.05, 3.63) is 35.3 Å². The number of hydrogen-bond donors (Lipinski definition) is 3. The largest absolute Gasteiger partial charge is 0.383 e. The van der Waals surface area contributed by atoms with Crippen molar-refractivity contribution in [1.29, 1.82) is 0 Å². The highest BCUT2D eigenvalue weighted by Gasteiger charge is 2.32. The molecule has 1 aromatic rings. The molecule has 142 valence electrons. The SMILES string of the molecule is [2H]c1c([2H])c([2H])c2c(c1[2H])[C@H](NC(=O)[C@]([2H])(C)NC(=O)[C@@]([2H])(O)C(C)C)C(=O)N(C)C([2H])([2H])C2([2H])[2H]. The summed E-state index contributed by atoms with van der Waals surface area (Å²) in [4.78, 5) is 38.9. The van der Waals surface area contributed by atoms with E-state index in [1.165, 1.54) is 13.8 Å². The van der Waals surface area contributed by atoms with E-state index in [-0.39, 0.29) is 0 Å². The van der Waals surface area contributed by atoms with E-state index in [1.54, 1.807) is 0 Å². The Hall–Kier alpha value is -2.41. The van der Waals surface area contributed by atoms with Gasteiger partial charge in [-0.3, -0.25) is 14.4 Å². The zero-order valence-corrected chi connectivity index (χ0v) is 14.8. The van der Waals surface area contributed by atoms with E-state index in [0.717, 1.165) is 14.0 Å². The number of likely N-dealkylation sites (N-methyl/N-ethyl adjacent to an activating group) is 1. The third-order valence-corrected chi connectivity index (χ3v) is 3.63. The summed E-state index contributed by atoms with van der Waals surface area (Å²) in [5, 5.41) is 13.9. The molecule has 0 radical (unpaired) electrons. The lowest BCUT2D eigenvalue weighted by Crippen LogP contribution is -2.51. The van der Waals surface area contributed by atoms with Crippen LogP contribution in [-0.2, 0) is 20.8 Å². The summed E-state index contributed by atoms with van der Waals surface area (Å²) in [5.74, 6) is -5.03. The fraction of sp³-hybridized carbons (Fsp3) is 0.526. The highest BCUT2D eigenvalue weighted by Crippen LogP contribution is 2.24. The predicted octanol–water partition coefficient (Wildman–Crippen LogP) is 0.380. The lowest BCUT2D eigenvalue weighted by molar-refractivity contribution is -0.137. The topological polar surface area (TPSA) is 98.7 Å². The Morgan fingerprint density at radius 1 is 1.35 bits per heavy atom. The summed E-state index contributed by atoms with van der Waals surface area (Å²) in [7, 11) is 0.881. The van der Waals surface area contributed by atoms with Gasteiger partial charge in [0.2, 0.25) is 17.7 Å². The molecule has 0 fully saturated rings. The second kappa shape index (κ2) is 8.31. The molecule has 0 unspecified atom stereocenters. The van der Waals surface area contributed by atoms with Gasteiger partial charge in [0.25, 0.3) is 0 Å². The summed E-state index contributed by atoms with van der Waals surface area (Å²) in [6.45, 7) is 0.426. The van der Waals surface area contributed by atoms with E-state index in [0.29, 0.717) is 4.90 Å². The van der Waals surface area contributed by atoms with E-state index in [4.69, 9.17) is 13.7 Å². The van der Waals surface area contributed by atoms with E-state index < -0.39 is 89.9 Å². The van der Waals surface area contributed by atoms with E-state index in [2.05, 4.69) is 5.32 Å². The first kappa shape index (κ1) is 10.1. The van der Waals surface area contributed by atoms with Gasteiger partial charge in [-0.2, -0.15) is 0 Å². The van der Waals surface area contributed by atoms with Crippen LogP contribution in [0.3, 0.4) is 0 Å². The fourth-order valence-corrected chi connectivity index (χ4v) is 2.08. The third-order valence-electron chi connectivity index (χ3n) is 3.63. The zero-order valence-electron chi connectivity index (χ0n) is 24.8. The summed E-state index contributed by atoms with van der Waals surface area (Å²) in [6, 6.07) is -8.31. The number of nitrogens with one attached hydrogen (secondary N) is 2. The average Bonchev–Trinajstić information content (AvgIpc) is 2.79. The quantitative estimate of drug-likeness (QED) is 0.697. The van der Waals surface area contributed by atoms with Crippen LogP contribution in [0.15, 0.2) is 24.2 Å². The number of amides is 3.